The number of fused-ring (bicyclic) bond motifs is 4. The van der Waals surface area contributed by atoms with Gasteiger partial charge in [0.15, 0.2) is 34.7 Å². The molecule has 0 spiro atoms. The van der Waals surface area contributed by atoms with Gasteiger partial charge in [-0.3, -0.25) is 28.9 Å². The van der Waals surface area contributed by atoms with Gasteiger partial charge in [-0.25, -0.2) is 0 Å². The lowest BCUT2D eigenvalue weighted by Crippen LogP contribution is -2.74. The van der Waals surface area contributed by atoms with E-state index in [9.17, 15) is 34.2 Å². The molecule has 228 valence electrons. The van der Waals surface area contributed by atoms with E-state index in [1.165, 1.54) is 11.0 Å². The average molecular weight is 598 g/mol. The van der Waals surface area contributed by atoms with Crippen LogP contribution >= 0.6 is 0 Å². The van der Waals surface area contributed by atoms with Crippen LogP contribution in [-0.4, -0.2) is 88.9 Å². The van der Waals surface area contributed by atoms with Crippen LogP contribution in [0.5, 0.6) is 5.75 Å². The quantitative estimate of drug-likeness (QED) is 0.373. The largest absolute Gasteiger partial charge is 0.507 e. The second kappa shape index (κ2) is 10.4. The van der Waals surface area contributed by atoms with E-state index in [0.29, 0.717) is 5.56 Å². The maximum Gasteiger partial charge on any atom is 0.235 e. The van der Waals surface area contributed by atoms with E-state index >= 15 is 0 Å². The van der Waals surface area contributed by atoms with E-state index in [1.807, 2.05) is 50.5 Å². The van der Waals surface area contributed by atoms with Crippen molar-refractivity contribution in [2.75, 3.05) is 28.2 Å². The van der Waals surface area contributed by atoms with Crippen LogP contribution in [0, 0.1) is 23.7 Å². The Kier molecular flexibility index (Phi) is 7.07. The van der Waals surface area contributed by atoms with Crippen molar-refractivity contribution in [2.24, 2.45) is 29.4 Å². The first-order chi connectivity index (χ1) is 20.8. The second-order valence-corrected chi connectivity index (χ2v) is 12.8. The highest BCUT2D eigenvalue weighted by Gasteiger charge is 2.69. The van der Waals surface area contributed by atoms with E-state index in [1.54, 1.807) is 20.2 Å². The van der Waals surface area contributed by atoms with Gasteiger partial charge in [0.25, 0.3) is 0 Å². The molecule has 2 fully saturated rings. The highest BCUT2D eigenvalue weighted by molar-refractivity contribution is 6.32. The van der Waals surface area contributed by atoms with Gasteiger partial charge in [-0.05, 0) is 86.0 Å². The van der Waals surface area contributed by atoms with E-state index in [4.69, 9.17) is 5.73 Å². The Hall–Kier alpha value is -4.25. The van der Waals surface area contributed by atoms with Gasteiger partial charge in [0.2, 0.25) is 5.91 Å². The summed E-state index contributed by atoms with van der Waals surface area (Å²) in [7, 11) is 7.12. The number of benzene rings is 3. The number of phenolic OH excluding ortho intramolecular Hbond substituents is 1. The highest BCUT2D eigenvalue weighted by Crippen LogP contribution is 2.52. The second-order valence-electron chi connectivity index (χ2n) is 12.8. The number of aromatic hydroxyl groups is 1. The fourth-order valence-electron chi connectivity index (χ4n) is 7.93. The molecule has 0 radical (unpaired) electrons. The summed E-state index contributed by atoms with van der Waals surface area (Å²) in [5.41, 5.74) is 5.94. The number of likely N-dealkylation sites (N-methyl/N-ethyl adjacent to an activating group) is 1. The van der Waals surface area contributed by atoms with Crippen LogP contribution in [0.2, 0.25) is 0 Å². The third-order valence-corrected chi connectivity index (χ3v) is 9.74. The van der Waals surface area contributed by atoms with Crippen LogP contribution in [0.1, 0.15) is 27.9 Å². The number of phenols is 1. The van der Waals surface area contributed by atoms with Crippen molar-refractivity contribution in [3.8, 4) is 16.9 Å². The number of hydrogen-bond acceptors (Lipinski definition) is 9. The Morgan fingerprint density at radius 3 is 2.23 bits per heavy atom. The number of nitrogens with zero attached hydrogens (tertiary/aromatic N) is 2. The van der Waals surface area contributed by atoms with Crippen molar-refractivity contribution in [1.29, 1.82) is 0 Å². The molecule has 3 aromatic rings. The Morgan fingerprint density at radius 2 is 1.59 bits per heavy atom. The van der Waals surface area contributed by atoms with Crippen LogP contribution in [-0.2, 0) is 32.1 Å². The molecule has 0 bridgehead atoms. The molecular formula is C34H35N3O7. The van der Waals surface area contributed by atoms with E-state index in [-0.39, 0.29) is 24.2 Å². The van der Waals surface area contributed by atoms with Crippen LogP contribution in [0.15, 0.2) is 48.5 Å². The Morgan fingerprint density at radius 1 is 0.932 bits per heavy atom. The van der Waals surface area contributed by atoms with Crippen molar-refractivity contribution in [3.63, 3.8) is 0 Å². The smallest absolute Gasteiger partial charge is 0.235 e. The van der Waals surface area contributed by atoms with Gasteiger partial charge in [-0.2, -0.15) is 0 Å². The summed E-state index contributed by atoms with van der Waals surface area (Å²) < 4.78 is 0. The van der Waals surface area contributed by atoms with E-state index in [2.05, 4.69) is 4.90 Å². The summed E-state index contributed by atoms with van der Waals surface area (Å²) in [6.07, 6.45) is 0.199. The number of Topliss-reactive ketones (excluding diaryl/α,β-unsaturated/α-hetero) is 4. The molecule has 4 N–H and O–H groups in total. The summed E-state index contributed by atoms with van der Waals surface area (Å²) in [6.45, 7) is 0.726. The molecule has 0 aliphatic heterocycles. The lowest BCUT2D eigenvalue weighted by atomic mass is 9.52. The molecule has 0 heterocycles. The van der Waals surface area contributed by atoms with Gasteiger partial charge in [0.1, 0.15) is 5.75 Å². The highest BCUT2D eigenvalue weighted by atomic mass is 16.3. The summed E-state index contributed by atoms with van der Waals surface area (Å²) in [4.78, 5) is 70.8. The van der Waals surface area contributed by atoms with Crippen LogP contribution in [0.25, 0.3) is 21.9 Å². The number of rotatable bonds is 5. The Labute approximate surface area is 254 Å². The number of ketones is 4. The third-order valence-electron chi connectivity index (χ3n) is 9.74. The minimum Gasteiger partial charge on any atom is -0.507 e. The lowest BCUT2D eigenvalue weighted by molar-refractivity contribution is -0.181. The van der Waals surface area contributed by atoms with Crippen LogP contribution < -0.4 is 5.73 Å². The van der Waals surface area contributed by atoms with Gasteiger partial charge in [-0.15, -0.1) is 0 Å². The fourth-order valence-corrected chi connectivity index (χ4v) is 7.93. The fraction of sp³-hybridized carbons (Fsp3) is 0.382. The third kappa shape index (κ3) is 4.16. The molecule has 1 amide bonds. The maximum absolute atomic E-state index is 14.1. The van der Waals surface area contributed by atoms with Crippen molar-refractivity contribution in [1.82, 2.24) is 9.80 Å². The first kappa shape index (κ1) is 29.8. The topological polar surface area (TPSA) is 158 Å². The molecule has 3 aromatic carbocycles. The van der Waals surface area contributed by atoms with E-state index in [0.717, 1.165) is 34.0 Å². The zero-order valence-electron chi connectivity index (χ0n) is 25.0. The number of hydrogen-bond donors (Lipinski definition) is 3. The van der Waals surface area contributed by atoms with Gasteiger partial charge in [0, 0.05) is 12.5 Å². The lowest BCUT2D eigenvalue weighted by Gasteiger charge is -2.52. The number of nitrogens with two attached hydrogens (primary N) is 1. The molecule has 44 heavy (non-hydrogen) atoms. The molecule has 0 saturated heterocycles. The summed E-state index contributed by atoms with van der Waals surface area (Å²) >= 11 is 0. The van der Waals surface area contributed by atoms with Crippen LogP contribution in [0.3, 0.4) is 0 Å². The molecule has 0 aromatic heterocycles. The monoisotopic (exact) mass is 597 g/mol. The predicted octanol–water partition coefficient (Wildman–Crippen LogP) is 1.75. The van der Waals surface area contributed by atoms with Crippen molar-refractivity contribution in [3.05, 3.63) is 65.2 Å². The standard InChI is InChI=1S/C34H35N3O7/c1-36(2)15-16-9-10-20(19-8-6-5-7-18(16)19)21-11-12-24(38)26-22(21)13-17-14-23-28(37(3)4)30(40)27(33(35)43)32(42)34(23,44)31(41)25(17)29(26)39/h5-12,17,23,25,27-28,38,44H,13-15H2,1-4H3,(H2,35,43)/t17-,23-,25?,27?,28?,34-/m0/s1. The van der Waals surface area contributed by atoms with Gasteiger partial charge in [0.05, 0.1) is 17.5 Å². The molecule has 3 aliphatic rings. The summed E-state index contributed by atoms with van der Waals surface area (Å²) in [5, 5.41) is 24.8. The SMILES string of the molecule is CN(C)Cc1ccc(-c2ccc(O)c3c2C[C@H]2C[C@H]4C(N(C)C)C(=O)C(C(N)=O)C(=O)[C@@]4(O)C(=O)C2C3=O)c2ccccc12. The number of amides is 1. The Balaban J connectivity index is 1.50. The Bertz CT molecular complexity index is 1780. The molecule has 2 saturated carbocycles. The molecule has 6 rings (SSSR count). The molecule has 10 nitrogen and oxygen atoms in total. The minimum absolute atomic E-state index is 0.00150. The summed E-state index contributed by atoms with van der Waals surface area (Å²) in [6, 6.07) is 14.1. The van der Waals surface area contributed by atoms with Crippen molar-refractivity contribution in [2.45, 2.75) is 31.0 Å². The zero-order valence-corrected chi connectivity index (χ0v) is 25.0. The van der Waals surface area contributed by atoms with Crippen LogP contribution in [0.4, 0.5) is 0 Å². The first-order valence-corrected chi connectivity index (χ1v) is 14.6. The van der Waals surface area contributed by atoms with Crippen molar-refractivity contribution >= 4 is 39.8 Å². The predicted molar refractivity (Wildman–Crippen MR) is 162 cm³/mol. The van der Waals surface area contributed by atoms with Gasteiger partial charge < -0.3 is 20.8 Å². The number of carbonyl (C=O) groups excluding carboxylic acids is 5. The molecular weight excluding hydrogens is 562 g/mol. The zero-order chi connectivity index (χ0) is 31.8. The average Bonchev–Trinajstić information content (AvgIpc) is 2.95. The molecule has 10 heteroatoms. The minimum atomic E-state index is -2.75. The first-order valence-electron chi connectivity index (χ1n) is 14.6. The maximum atomic E-state index is 14.1. The number of carbonyl (C=O) groups is 5. The summed E-state index contributed by atoms with van der Waals surface area (Å²) in [5.74, 6) is -10.6. The van der Waals surface area contributed by atoms with Crippen molar-refractivity contribution < 1.29 is 34.2 Å². The number of primary amides is 1. The molecule has 6 atom stereocenters. The molecule has 3 aliphatic carbocycles. The normalized spacial score (nSPS) is 28.3. The molecule has 3 unspecified atom stereocenters. The van der Waals surface area contributed by atoms with E-state index < -0.39 is 64.4 Å². The van der Waals surface area contributed by atoms with Gasteiger partial charge in [-0.1, -0.05) is 42.5 Å². The number of aliphatic hydroxyl groups is 1. The van der Waals surface area contributed by atoms with Gasteiger partial charge >= 0.3 is 0 Å².